The van der Waals surface area contributed by atoms with Crippen molar-refractivity contribution >= 4 is 37.9 Å². The van der Waals surface area contributed by atoms with Crippen molar-refractivity contribution in [1.82, 2.24) is 5.32 Å². The number of aliphatic hydroxyl groups is 16. The molecule has 41 atom stereocenters. The summed E-state index contributed by atoms with van der Waals surface area (Å²) in [6.07, 6.45) is -51.8. The zero-order valence-electron chi connectivity index (χ0n) is 68.5. The van der Waals surface area contributed by atoms with E-state index in [1.165, 1.54) is 34.8 Å². The standard InChI is InChI=1S/C77H124NO40P/c1-12-44(84)103-28-34(109-45(85)13-2)29-106-119(100,101)105-23-22-78-64(98)60-57(97)59(113-65-54(94)48(88)37(82)30-104-65)63(117-67-56(96)52(92)50(90)39(27-80)111-67)70(114-60)112-43-17-18-73(7)40(74(43,8)31-81)16-19-75(9)41(73)15-14-35-36-24-72(5,6)20-21-77(36,42(83)25-76(35,75)10)71(99)118-68-61(53(93)46(86)32(3)107-68)115-69-62(58(102-11)47(87)33(4)108-69)116-66-55(95)51(91)49(89)38(26-79)110-66/h14,31-34,36-43,46-63,65-70,79-80,82-83,86-97H,12-13,15-30H2,1-11H3,(H,78,98)(H,100,101)/t32?,33?,34-,36?,37?,38?,39?,40?,41?,42-,43+,46?,47?,48?,49?,50?,51?,52?,53?,54?,55?,56?,57?,58?,59?,60?,61?,62?,63?,65?,66?,67?,68?,69?,70?,73+,74+,75-,76-,77-/m1/s1. The topological polar surface area (TPSA) is 615 Å². The molecular formula is C77H124NO40P. The van der Waals surface area contributed by atoms with Crippen LogP contribution in [0.25, 0.3) is 0 Å². The van der Waals surface area contributed by atoms with Gasteiger partial charge in [0.15, 0.2) is 49.8 Å². The minimum atomic E-state index is -5.06. The van der Waals surface area contributed by atoms with Crippen LogP contribution in [0.2, 0.25) is 0 Å². The number of fused-ring (bicyclic) bond motifs is 7. The van der Waals surface area contributed by atoms with E-state index in [0.717, 1.165) is 11.9 Å². The number of carbonyl (C=O) groups is 5. The van der Waals surface area contributed by atoms with E-state index in [0.29, 0.717) is 38.5 Å². The molecule has 6 saturated heterocycles. The molecule has 0 aromatic heterocycles. The lowest BCUT2D eigenvalue weighted by Gasteiger charge is -2.71. The highest BCUT2D eigenvalue weighted by Gasteiger charge is 2.73. The highest BCUT2D eigenvalue weighted by Crippen LogP contribution is 2.76. The quantitative estimate of drug-likeness (QED) is 0.00640. The average Bonchev–Trinajstić information content (AvgIpc) is 0.669. The Labute approximate surface area is 687 Å². The molecule has 682 valence electrons. The van der Waals surface area contributed by atoms with E-state index in [9.17, 15) is 110 Å². The summed E-state index contributed by atoms with van der Waals surface area (Å²) in [7, 11) is -3.84. The highest BCUT2D eigenvalue weighted by molar-refractivity contribution is 7.47. The number of hydrogen-bond donors (Lipinski definition) is 18. The Bertz CT molecular complexity index is 3550. The molecule has 0 bridgehead atoms. The van der Waals surface area contributed by atoms with Crippen LogP contribution in [-0.4, -0.2) is 366 Å². The maximum absolute atomic E-state index is 16.0. The fraction of sp³-hybridized carbons (Fsp3) is 0.909. The third-order valence-electron chi connectivity index (χ3n) is 27.8. The summed E-state index contributed by atoms with van der Waals surface area (Å²) in [5.74, 6) is -5.11. The van der Waals surface area contributed by atoms with E-state index in [2.05, 4.69) is 46.0 Å². The van der Waals surface area contributed by atoms with E-state index < -0.39 is 319 Å². The predicted molar refractivity (Wildman–Crippen MR) is 395 cm³/mol. The van der Waals surface area contributed by atoms with Gasteiger partial charge in [0.2, 0.25) is 6.29 Å². The molecule has 33 unspecified atom stereocenters. The molecule has 0 aromatic carbocycles. The van der Waals surface area contributed by atoms with Gasteiger partial charge in [0, 0.05) is 26.5 Å². The van der Waals surface area contributed by atoms with Crippen LogP contribution < -0.4 is 5.32 Å². The molecule has 10 fully saturated rings. The second kappa shape index (κ2) is 38.1. The number of aldehydes is 1. The first kappa shape index (κ1) is 95.9. The van der Waals surface area contributed by atoms with Gasteiger partial charge < -0.3 is 168 Å². The molecule has 4 saturated carbocycles. The zero-order chi connectivity index (χ0) is 87.5. The third-order valence-corrected chi connectivity index (χ3v) is 28.8. The van der Waals surface area contributed by atoms with Gasteiger partial charge in [0.05, 0.1) is 62.9 Å². The summed E-state index contributed by atoms with van der Waals surface area (Å²) in [5, 5.41) is 182. The number of nitrogens with one attached hydrogen (secondary N) is 1. The van der Waals surface area contributed by atoms with Gasteiger partial charge in [-0.1, -0.05) is 67.0 Å². The summed E-state index contributed by atoms with van der Waals surface area (Å²) >= 11 is 0. The summed E-state index contributed by atoms with van der Waals surface area (Å²) in [4.78, 5) is 79.9. The Morgan fingerprint density at radius 3 is 1.77 bits per heavy atom. The van der Waals surface area contributed by atoms with Crippen LogP contribution in [0.1, 0.15) is 140 Å². The molecule has 6 heterocycles. The lowest BCUT2D eigenvalue weighted by atomic mass is 9.33. The lowest BCUT2D eigenvalue weighted by Crippen LogP contribution is -2.70. The Morgan fingerprint density at radius 2 is 1.17 bits per heavy atom. The van der Waals surface area contributed by atoms with Crippen LogP contribution in [-0.2, 0) is 109 Å². The number of phosphoric ester groups is 1. The van der Waals surface area contributed by atoms with Crippen LogP contribution in [0.5, 0.6) is 0 Å². The fourth-order valence-corrected chi connectivity index (χ4v) is 21.3. The van der Waals surface area contributed by atoms with E-state index in [4.69, 9.17) is 80.1 Å². The zero-order valence-corrected chi connectivity index (χ0v) is 69.4. The number of allylic oxidation sites excluding steroid dienone is 2. The van der Waals surface area contributed by atoms with Crippen molar-refractivity contribution < 1.29 is 195 Å². The van der Waals surface area contributed by atoms with E-state index in [1.807, 2.05) is 0 Å². The number of carbonyl (C=O) groups excluding carboxylic acids is 5. The van der Waals surface area contributed by atoms with Crippen LogP contribution in [0.15, 0.2) is 11.6 Å². The van der Waals surface area contributed by atoms with E-state index in [1.54, 1.807) is 6.92 Å². The number of aliphatic hydroxyl groups excluding tert-OH is 16. The van der Waals surface area contributed by atoms with Gasteiger partial charge in [0.25, 0.3) is 5.91 Å². The summed E-state index contributed by atoms with van der Waals surface area (Å²) < 4.78 is 114. The maximum atomic E-state index is 16.0. The molecule has 0 spiro atoms. The molecule has 5 aliphatic carbocycles. The second-order valence-electron chi connectivity index (χ2n) is 35.5. The monoisotopic (exact) mass is 1730 g/mol. The third kappa shape index (κ3) is 18.6. The number of esters is 3. The molecule has 119 heavy (non-hydrogen) atoms. The first-order valence-electron chi connectivity index (χ1n) is 41.0. The molecule has 41 nitrogen and oxygen atoms in total. The van der Waals surface area contributed by atoms with Crippen molar-refractivity contribution in [2.24, 2.45) is 50.2 Å². The van der Waals surface area contributed by atoms with Crippen LogP contribution >= 0.6 is 7.82 Å². The Balaban J connectivity index is 0.869. The van der Waals surface area contributed by atoms with Crippen molar-refractivity contribution in [2.45, 2.75) is 336 Å². The molecule has 11 rings (SSSR count). The van der Waals surface area contributed by atoms with Crippen molar-refractivity contribution in [3.63, 3.8) is 0 Å². The minimum absolute atomic E-state index is 0.00850. The molecule has 0 radical (unpaired) electrons. The van der Waals surface area contributed by atoms with Gasteiger partial charge in [-0.2, -0.15) is 0 Å². The normalized spacial score (nSPS) is 48.0. The van der Waals surface area contributed by atoms with Crippen molar-refractivity contribution in [3.05, 3.63) is 11.6 Å². The summed E-state index contributed by atoms with van der Waals surface area (Å²) in [5.41, 5.74) is -5.17. The van der Waals surface area contributed by atoms with Crippen molar-refractivity contribution in [2.75, 3.05) is 53.3 Å². The summed E-state index contributed by atoms with van der Waals surface area (Å²) in [6, 6.07) is 0. The highest BCUT2D eigenvalue weighted by atomic mass is 31.2. The van der Waals surface area contributed by atoms with E-state index in [-0.39, 0.29) is 38.0 Å². The summed E-state index contributed by atoms with van der Waals surface area (Å²) in [6.45, 7) is 12.8. The Hall–Kier alpha value is -3.72. The predicted octanol–water partition coefficient (Wildman–Crippen LogP) is -4.36. The van der Waals surface area contributed by atoms with Crippen LogP contribution in [0.4, 0.5) is 0 Å². The second-order valence-corrected chi connectivity index (χ2v) is 36.9. The van der Waals surface area contributed by atoms with Crippen molar-refractivity contribution in [3.8, 4) is 0 Å². The molecule has 42 heteroatoms. The van der Waals surface area contributed by atoms with Crippen LogP contribution in [0.3, 0.4) is 0 Å². The largest absolute Gasteiger partial charge is 0.472 e. The Morgan fingerprint density at radius 1 is 0.588 bits per heavy atom. The molecular weight excluding hydrogens is 1610 g/mol. The van der Waals surface area contributed by atoms with Gasteiger partial charge in [-0.15, -0.1) is 0 Å². The maximum Gasteiger partial charge on any atom is 0.472 e. The Kier molecular flexibility index (Phi) is 30.7. The smallest absolute Gasteiger partial charge is 0.462 e. The average molecular weight is 1730 g/mol. The van der Waals surface area contributed by atoms with Crippen molar-refractivity contribution in [1.29, 1.82) is 0 Å². The molecule has 1 amide bonds. The lowest BCUT2D eigenvalue weighted by molar-refractivity contribution is -0.391. The van der Waals surface area contributed by atoms with Gasteiger partial charge in [-0.3, -0.25) is 28.2 Å². The van der Waals surface area contributed by atoms with Gasteiger partial charge in [0.1, 0.15) is 134 Å². The SMILES string of the molecule is CCC(=O)OC[C@H](COP(=O)(O)OCCNC(=O)C1OC(O[C@H]2CC[C@@]3(C)C(CC[C@]4(C)C3CC=C3C5CC(C)(C)CC[C@]5(C(=O)OC5OC(C)C(O)C(O)C5OC5OC(C)C(O)C(OC)C5OC5OC(CO)C(O)C(O)C5O)[C@H](O)C[C@]34C)[C@]2(C)C=O)C(OC2OC(CO)C(O)C(O)C2O)C(OC2OCC(O)C(O)C2O)C1O)OC(=O)CC. The van der Waals surface area contributed by atoms with Gasteiger partial charge >= 0.3 is 25.7 Å². The number of amides is 1. The van der Waals surface area contributed by atoms with E-state index >= 15 is 4.79 Å². The fourth-order valence-electron chi connectivity index (χ4n) is 20.6. The number of rotatable bonds is 29. The number of phosphoric acid groups is 1. The van der Waals surface area contributed by atoms with Gasteiger partial charge in [-0.05, 0) is 111 Å². The van der Waals surface area contributed by atoms with Gasteiger partial charge in [-0.25, -0.2) is 4.57 Å². The first-order valence-corrected chi connectivity index (χ1v) is 42.5. The number of methoxy groups -OCH3 is 1. The number of ether oxygens (including phenoxy) is 15. The molecule has 0 aromatic rings. The van der Waals surface area contributed by atoms with Crippen LogP contribution in [0, 0.1) is 50.2 Å². The number of hydrogen-bond acceptors (Lipinski definition) is 39. The molecule has 11 aliphatic rings. The molecule has 18 N–H and O–H groups in total. The molecule has 6 aliphatic heterocycles. The first-order chi connectivity index (χ1) is 55.9. The minimum Gasteiger partial charge on any atom is -0.462 e.